The van der Waals surface area contributed by atoms with E-state index in [0.29, 0.717) is 12.0 Å². The summed E-state index contributed by atoms with van der Waals surface area (Å²) in [6, 6.07) is 9.36. The fourth-order valence-electron chi connectivity index (χ4n) is 2.08. The maximum atomic E-state index is 3.58. The summed E-state index contributed by atoms with van der Waals surface area (Å²) in [5.74, 6) is 0.667. The van der Waals surface area contributed by atoms with Crippen LogP contribution >= 0.6 is 0 Å². The molecule has 2 nitrogen and oxygen atoms in total. The zero-order valence-corrected chi connectivity index (χ0v) is 11.8. The molecule has 1 aromatic carbocycles. The van der Waals surface area contributed by atoms with Gasteiger partial charge >= 0.3 is 0 Å². The normalized spacial score (nSPS) is 14.4. The van der Waals surface area contributed by atoms with Crippen LogP contribution in [0, 0.1) is 5.92 Å². The van der Waals surface area contributed by atoms with Crippen molar-refractivity contribution in [1.29, 1.82) is 0 Å². The van der Waals surface area contributed by atoms with E-state index in [1.165, 1.54) is 17.7 Å². The van der Waals surface area contributed by atoms with E-state index in [2.05, 4.69) is 69.3 Å². The Morgan fingerprint density at radius 1 is 1.12 bits per heavy atom. The zero-order valence-electron chi connectivity index (χ0n) is 11.8. The first-order valence-electron chi connectivity index (χ1n) is 6.60. The fraction of sp³-hybridized carbons (Fsp3) is 0.600. The summed E-state index contributed by atoms with van der Waals surface area (Å²) in [5, 5.41) is 3.58. The quantitative estimate of drug-likeness (QED) is 0.811. The summed E-state index contributed by atoms with van der Waals surface area (Å²) in [5.41, 5.74) is 2.65. The van der Waals surface area contributed by atoms with Crippen molar-refractivity contribution in [2.24, 2.45) is 5.92 Å². The van der Waals surface area contributed by atoms with E-state index in [9.17, 15) is 0 Å². The van der Waals surface area contributed by atoms with E-state index < -0.39 is 0 Å². The van der Waals surface area contributed by atoms with Gasteiger partial charge in [0.25, 0.3) is 0 Å². The van der Waals surface area contributed by atoms with E-state index in [-0.39, 0.29) is 0 Å². The Labute approximate surface area is 106 Å². The molecule has 2 atom stereocenters. The lowest BCUT2D eigenvalue weighted by molar-refractivity contribution is 0.384. The molecule has 17 heavy (non-hydrogen) atoms. The lowest BCUT2D eigenvalue weighted by Gasteiger charge is -2.25. The van der Waals surface area contributed by atoms with Gasteiger partial charge in [-0.1, -0.05) is 39.3 Å². The van der Waals surface area contributed by atoms with Crippen LogP contribution in [0.4, 0.5) is 5.69 Å². The molecule has 0 aliphatic rings. The Morgan fingerprint density at radius 2 is 1.71 bits per heavy atom. The topological polar surface area (TPSA) is 15.3 Å². The molecule has 2 unspecified atom stereocenters. The summed E-state index contributed by atoms with van der Waals surface area (Å²) in [7, 11) is 4.15. The monoisotopic (exact) mass is 234 g/mol. The molecule has 0 aromatic heterocycles. The van der Waals surface area contributed by atoms with Gasteiger partial charge in [0.1, 0.15) is 0 Å². The van der Waals surface area contributed by atoms with Crippen molar-refractivity contribution in [2.45, 2.75) is 33.2 Å². The minimum Gasteiger partial charge on any atom is -0.378 e. The predicted molar refractivity (Wildman–Crippen MR) is 76.6 cm³/mol. The van der Waals surface area contributed by atoms with Gasteiger partial charge in [-0.3, -0.25) is 0 Å². The molecular weight excluding hydrogens is 208 g/mol. The van der Waals surface area contributed by atoms with Crippen LogP contribution in [-0.2, 0) is 0 Å². The van der Waals surface area contributed by atoms with Crippen LogP contribution in [0.3, 0.4) is 0 Å². The Hall–Kier alpha value is -1.02. The highest BCUT2D eigenvalue weighted by Gasteiger charge is 2.16. The smallest absolute Gasteiger partial charge is 0.0361 e. The minimum absolute atomic E-state index is 0.473. The van der Waals surface area contributed by atoms with E-state index in [4.69, 9.17) is 0 Å². The highest BCUT2D eigenvalue weighted by molar-refractivity contribution is 5.46. The molecule has 2 heteroatoms. The molecule has 0 aliphatic carbocycles. The van der Waals surface area contributed by atoms with Crippen molar-refractivity contribution < 1.29 is 0 Å². The summed E-state index contributed by atoms with van der Waals surface area (Å²) in [6.07, 6.45) is 1.20. The maximum absolute atomic E-state index is 3.58. The second kappa shape index (κ2) is 6.65. The van der Waals surface area contributed by atoms with Crippen LogP contribution in [0.2, 0.25) is 0 Å². The maximum Gasteiger partial charge on any atom is 0.0361 e. The highest BCUT2D eigenvalue weighted by Crippen LogP contribution is 2.25. The number of hydrogen-bond donors (Lipinski definition) is 1. The Balaban J connectivity index is 2.87. The van der Waals surface area contributed by atoms with Gasteiger partial charge in [0.2, 0.25) is 0 Å². The zero-order chi connectivity index (χ0) is 12.8. The number of rotatable bonds is 6. The molecule has 0 bridgehead atoms. The van der Waals surface area contributed by atoms with Crippen LogP contribution in [0.25, 0.3) is 0 Å². The third-order valence-electron chi connectivity index (χ3n) is 3.41. The summed E-state index contributed by atoms with van der Waals surface area (Å²) < 4.78 is 0. The van der Waals surface area contributed by atoms with Crippen molar-refractivity contribution in [3.8, 4) is 0 Å². The summed E-state index contributed by atoms with van der Waals surface area (Å²) >= 11 is 0. The van der Waals surface area contributed by atoms with Crippen LogP contribution in [0.5, 0.6) is 0 Å². The van der Waals surface area contributed by atoms with E-state index in [1.54, 1.807) is 0 Å². The first-order valence-corrected chi connectivity index (χ1v) is 6.60. The fourth-order valence-corrected chi connectivity index (χ4v) is 2.08. The van der Waals surface area contributed by atoms with Gasteiger partial charge in [0.15, 0.2) is 0 Å². The highest BCUT2D eigenvalue weighted by atomic mass is 15.1. The lowest BCUT2D eigenvalue weighted by atomic mass is 9.92. The second-order valence-corrected chi connectivity index (χ2v) is 4.91. The third-order valence-corrected chi connectivity index (χ3v) is 3.41. The van der Waals surface area contributed by atoms with Crippen molar-refractivity contribution in [3.05, 3.63) is 29.8 Å². The molecule has 0 fully saturated rings. The minimum atomic E-state index is 0.473. The van der Waals surface area contributed by atoms with E-state index in [0.717, 1.165) is 6.54 Å². The SMILES string of the molecule is CCNC(c1ccc(N(C)C)cc1)C(C)CC. The molecule has 1 rings (SSSR count). The van der Waals surface area contributed by atoms with Crippen LogP contribution in [0.1, 0.15) is 38.8 Å². The van der Waals surface area contributed by atoms with Crippen molar-refractivity contribution >= 4 is 5.69 Å². The molecule has 0 radical (unpaired) electrons. The molecule has 1 N–H and O–H groups in total. The van der Waals surface area contributed by atoms with Gasteiger partial charge < -0.3 is 10.2 Å². The molecule has 0 amide bonds. The van der Waals surface area contributed by atoms with E-state index in [1.807, 2.05) is 0 Å². The van der Waals surface area contributed by atoms with E-state index >= 15 is 0 Å². The molecule has 0 aliphatic heterocycles. The number of hydrogen-bond acceptors (Lipinski definition) is 2. The van der Waals surface area contributed by atoms with Crippen LogP contribution < -0.4 is 10.2 Å². The molecule has 1 aromatic rings. The molecule has 0 saturated heterocycles. The first kappa shape index (κ1) is 14.0. The predicted octanol–water partition coefficient (Wildman–Crippen LogP) is 3.45. The number of anilines is 1. The number of nitrogens with one attached hydrogen (secondary N) is 1. The first-order chi connectivity index (χ1) is 8.10. The van der Waals surface area contributed by atoms with Crippen molar-refractivity contribution in [2.75, 3.05) is 25.5 Å². The average molecular weight is 234 g/mol. The van der Waals surface area contributed by atoms with Crippen LogP contribution in [0.15, 0.2) is 24.3 Å². The van der Waals surface area contributed by atoms with Crippen LogP contribution in [-0.4, -0.2) is 20.6 Å². The van der Waals surface area contributed by atoms with Gasteiger partial charge in [0, 0.05) is 25.8 Å². The molecule has 0 heterocycles. The van der Waals surface area contributed by atoms with Gasteiger partial charge in [-0.15, -0.1) is 0 Å². The molecule has 0 spiro atoms. The third kappa shape index (κ3) is 3.74. The van der Waals surface area contributed by atoms with Gasteiger partial charge in [-0.2, -0.15) is 0 Å². The average Bonchev–Trinajstić information content (AvgIpc) is 2.35. The Bertz CT molecular complexity index is 316. The van der Waals surface area contributed by atoms with Crippen molar-refractivity contribution in [1.82, 2.24) is 5.32 Å². The van der Waals surface area contributed by atoms with Gasteiger partial charge in [0.05, 0.1) is 0 Å². The van der Waals surface area contributed by atoms with Gasteiger partial charge in [-0.25, -0.2) is 0 Å². The number of nitrogens with zero attached hydrogens (tertiary/aromatic N) is 1. The standard InChI is InChI=1S/C15H26N2/c1-6-12(3)15(16-7-2)13-8-10-14(11-9-13)17(4)5/h8-12,15-16H,6-7H2,1-5H3. The van der Waals surface area contributed by atoms with Gasteiger partial charge in [-0.05, 0) is 30.2 Å². The summed E-state index contributed by atoms with van der Waals surface area (Å²) in [4.78, 5) is 2.13. The Morgan fingerprint density at radius 3 is 2.12 bits per heavy atom. The van der Waals surface area contributed by atoms with Crippen molar-refractivity contribution in [3.63, 3.8) is 0 Å². The second-order valence-electron chi connectivity index (χ2n) is 4.91. The number of benzene rings is 1. The lowest BCUT2D eigenvalue weighted by Crippen LogP contribution is -2.26. The molecular formula is C15H26N2. The Kier molecular flexibility index (Phi) is 5.49. The molecule has 0 saturated carbocycles. The summed E-state index contributed by atoms with van der Waals surface area (Å²) in [6.45, 7) is 7.75. The largest absolute Gasteiger partial charge is 0.378 e. The molecule has 96 valence electrons.